The number of benzene rings is 4. The normalized spacial score (nSPS) is 21.9. The number of rotatable bonds is 15. The zero-order valence-corrected chi connectivity index (χ0v) is 47.6. The van der Waals surface area contributed by atoms with Crippen molar-refractivity contribution in [3.05, 3.63) is 144 Å². The van der Waals surface area contributed by atoms with E-state index in [0.29, 0.717) is 23.7 Å². The van der Waals surface area contributed by atoms with Crippen molar-refractivity contribution in [2.45, 2.75) is 118 Å². The van der Waals surface area contributed by atoms with Crippen molar-refractivity contribution in [1.29, 1.82) is 0 Å². The Balaban J connectivity index is 0.000000175. The molecule has 0 radical (unpaired) electrons. The maximum atomic E-state index is 12.9. The van der Waals surface area contributed by atoms with Crippen LogP contribution in [-0.4, -0.2) is 153 Å². The second-order valence-electron chi connectivity index (χ2n) is 23.4. The molecule has 0 unspecified atom stereocenters. The molecular weight excluding hydrogens is 1020 g/mol. The number of aliphatic carboxylic acids is 3. The van der Waals surface area contributed by atoms with Crippen molar-refractivity contribution in [2.24, 2.45) is 11.8 Å². The van der Waals surface area contributed by atoms with Crippen molar-refractivity contribution in [3.63, 3.8) is 0 Å². The first-order valence-electron chi connectivity index (χ1n) is 28.9. The molecule has 0 bridgehead atoms. The SMILES string of the molecule is CN(C)C1(c2ccccc2)CCC(CNC(=O)N2CCC(c3c[nH]c4ccccc34)CC2)CC1.CN(C)C1(c2ccccc2)CCC(CNC(=O)N2CCC(c3c[nH]c4ccccc34)CC2)CC1.O=C(O)CC(O)(CC(=O)O)C(=O)O. The molecule has 2 aromatic heterocycles. The molecular formula is C64H84N8O9. The van der Waals surface area contributed by atoms with Gasteiger partial charge in [-0.25, -0.2) is 14.4 Å². The van der Waals surface area contributed by atoms with Crippen LogP contribution in [0.4, 0.5) is 9.59 Å². The first-order valence-corrected chi connectivity index (χ1v) is 28.9. The molecule has 2 saturated heterocycles. The number of H-pyrrole nitrogens is 2. The number of nitrogens with one attached hydrogen (secondary N) is 4. The average Bonchev–Trinajstić information content (AvgIpc) is 4.12. The Bertz CT molecular complexity index is 2820. The summed E-state index contributed by atoms with van der Waals surface area (Å²) in [5, 5.41) is 43.0. The van der Waals surface area contributed by atoms with E-state index in [1.165, 1.54) is 44.1 Å². The summed E-state index contributed by atoms with van der Waals surface area (Å²) in [6, 6.07) is 39.1. The van der Waals surface area contributed by atoms with Gasteiger partial charge in [0.25, 0.3) is 0 Å². The summed E-state index contributed by atoms with van der Waals surface area (Å²) in [5.74, 6) is -2.85. The predicted octanol–water partition coefficient (Wildman–Crippen LogP) is 10.2. The number of fused-ring (bicyclic) bond motifs is 2. The fraction of sp³-hybridized carbons (Fsp3) is 0.484. The van der Waals surface area contributed by atoms with Crippen LogP contribution in [0.1, 0.15) is 124 Å². The maximum Gasteiger partial charge on any atom is 0.336 e. The van der Waals surface area contributed by atoms with Crippen LogP contribution in [0.2, 0.25) is 0 Å². The molecule has 10 rings (SSSR count). The molecule has 17 heteroatoms. The number of urea groups is 2. The Morgan fingerprint density at radius 2 is 0.852 bits per heavy atom. The van der Waals surface area contributed by atoms with Crippen LogP contribution in [0.3, 0.4) is 0 Å². The maximum absolute atomic E-state index is 12.9. The highest BCUT2D eigenvalue weighted by atomic mass is 16.4. The number of carboxylic acids is 3. The smallest absolute Gasteiger partial charge is 0.336 e. The van der Waals surface area contributed by atoms with Crippen LogP contribution in [-0.2, 0) is 25.5 Å². The molecule has 4 aromatic carbocycles. The van der Waals surface area contributed by atoms with Gasteiger partial charge in [0.2, 0.25) is 0 Å². The largest absolute Gasteiger partial charge is 0.481 e. The van der Waals surface area contributed by atoms with Gasteiger partial charge in [0.15, 0.2) is 5.60 Å². The predicted molar refractivity (Wildman–Crippen MR) is 315 cm³/mol. The number of carbonyl (C=O) groups excluding carboxylic acids is 2. The summed E-state index contributed by atoms with van der Waals surface area (Å²) in [6.45, 7) is 4.91. The third-order valence-corrected chi connectivity index (χ3v) is 18.3. The molecule has 434 valence electrons. The van der Waals surface area contributed by atoms with Gasteiger partial charge in [-0.05, 0) is 163 Å². The Morgan fingerprint density at radius 3 is 1.17 bits per heavy atom. The minimum atomic E-state index is -2.74. The molecule has 4 heterocycles. The minimum Gasteiger partial charge on any atom is -0.481 e. The average molecular weight is 1110 g/mol. The van der Waals surface area contributed by atoms with Crippen LogP contribution in [0.5, 0.6) is 0 Å². The monoisotopic (exact) mass is 1110 g/mol. The molecule has 4 fully saturated rings. The lowest BCUT2D eigenvalue weighted by molar-refractivity contribution is -0.170. The number of carboxylic acid groups (broad SMARTS) is 3. The fourth-order valence-electron chi connectivity index (χ4n) is 13.3. The lowest BCUT2D eigenvalue weighted by Crippen LogP contribution is -2.48. The van der Waals surface area contributed by atoms with Gasteiger partial charge < -0.3 is 50.8 Å². The fourth-order valence-corrected chi connectivity index (χ4v) is 13.3. The van der Waals surface area contributed by atoms with E-state index in [2.05, 4.69) is 180 Å². The van der Waals surface area contributed by atoms with Crippen molar-refractivity contribution in [2.75, 3.05) is 67.5 Å². The highest BCUT2D eigenvalue weighted by molar-refractivity contribution is 5.88. The number of hydrogen-bond acceptors (Lipinski definition) is 8. The second-order valence-corrected chi connectivity index (χ2v) is 23.4. The van der Waals surface area contributed by atoms with Crippen LogP contribution in [0, 0.1) is 11.8 Å². The van der Waals surface area contributed by atoms with Crippen LogP contribution >= 0.6 is 0 Å². The lowest BCUT2D eigenvalue weighted by atomic mass is 9.72. The Morgan fingerprint density at radius 1 is 0.519 bits per heavy atom. The highest BCUT2D eigenvalue weighted by Gasteiger charge is 2.42. The van der Waals surface area contributed by atoms with Gasteiger partial charge in [-0.15, -0.1) is 0 Å². The standard InChI is InChI=1S/2C29H38N4O.C6H8O7/c2*1-32(2)29(24-8-4-3-5-9-24)16-12-22(13-17-29)20-31-28(34)33-18-14-23(15-19-33)26-21-30-27-11-7-6-10-25(26)27;7-3(8)1-6(13,5(11)12)2-4(9)10/h2*3-11,21-23,30H,12-20H2,1-2H3,(H,31,34);13H,1-2H2,(H,7,8)(H,9,10)(H,11,12). The summed E-state index contributed by atoms with van der Waals surface area (Å²) in [5.41, 5.74) is 5.55. The molecule has 8 N–H and O–H groups in total. The van der Waals surface area contributed by atoms with E-state index in [1.54, 1.807) is 0 Å². The van der Waals surface area contributed by atoms with Gasteiger partial charge in [-0.2, -0.15) is 0 Å². The first kappa shape index (κ1) is 59.9. The Hall–Kier alpha value is -7.21. The minimum absolute atomic E-state index is 0.116. The van der Waals surface area contributed by atoms with Crippen molar-refractivity contribution in [3.8, 4) is 0 Å². The summed E-state index contributed by atoms with van der Waals surface area (Å²) in [4.78, 5) is 71.9. The number of nitrogens with zero attached hydrogens (tertiary/aromatic N) is 4. The van der Waals surface area contributed by atoms with E-state index in [9.17, 15) is 24.0 Å². The molecule has 2 saturated carbocycles. The molecule has 4 amide bonds. The molecule has 17 nitrogen and oxygen atoms in total. The molecule has 0 atom stereocenters. The van der Waals surface area contributed by atoms with Crippen molar-refractivity contribution < 1.29 is 44.4 Å². The molecule has 81 heavy (non-hydrogen) atoms. The number of likely N-dealkylation sites (tertiary alicyclic amines) is 2. The lowest BCUT2D eigenvalue weighted by Gasteiger charge is -2.45. The van der Waals surface area contributed by atoms with Gasteiger partial charge in [-0.3, -0.25) is 19.4 Å². The topological polar surface area (TPSA) is 235 Å². The second kappa shape index (κ2) is 27.0. The number of carbonyl (C=O) groups is 5. The van der Waals surface area contributed by atoms with Crippen molar-refractivity contribution in [1.82, 2.24) is 40.2 Å². The van der Waals surface area contributed by atoms with E-state index in [0.717, 1.165) is 116 Å². The number of aliphatic hydroxyl groups is 1. The summed E-state index contributed by atoms with van der Waals surface area (Å²) in [6.07, 6.45) is 15.3. The Kier molecular flexibility index (Phi) is 20.0. The van der Waals surface area contributed by atoms with Gasteiger partial charge in [-0.1, -0.05) is 97.1 Å². The van der Waals surface area contributed by atoms with Gasteiger partial charge >= 0.3 is 30.0 Å². The van der Waals surface area contributed by atoms with Crippen LogP contribution < -0.4 is 10.6 Å². The quantitative estimate of drug-likeness (QED) is 0.0482. The van der Waals surface area contributed by atoms with E-state index >= 15 is 0 Å². The van der Waals surface area contributed by atoms with E-state index < -0.39 is 36.4 Å². The molecule has 6 aromatic rings. The first-order chi connectivity index (χ1) is 38.9. The number of piperidine rings is 2. The van der Waals surface area contributed by atoms with E-state index in [4.69, 9.17) is 20.4 Å². The molecule has 2 aliphatic carbocycles. The number of aromatic nitrogens is 2. The third kappa shape index (κ3) is 14.5. The molecule has 2 aliphatic heterocycles. The summed E-state index contributed by atoms with van der Waals surface area (Å²) >= 11 is 0. The molecule has 0 spiro atoms. The van der Waals surface area contributed by atoms with Crippen molar-refractivity contribution >= 4 is 51.8 Å². The van der Waals surface area contributed by atoms with E-state index in [1.807, 2.05) is 9.80 Å². The van der Waals surface area contributed by atoms with Gasteiger partial charge in [0.05, 0.1) is 12.8 Å². The highest BCUT2D eigenvalue weighted by Crippen LogP contribution is 2.44. The summed E-state index contributed by atoms with van der Waals surface area (Å²) in [7, 11) is 8.81. The Labute approximate surface area is 476 Å². The van der Waals surface area contributed by atoms with Crippen LogP contribution in [0.15, 0.2) is 122 Å². The number of hydrogen-bond donors (Lipinski definition) is 8. The van der Waals surface area contributed by atoms with Gasteiger partial charge in [0.1, 0.15) is 0 Å². The summed E-state index contributed by atoms with van der Waals surface area (Å²) < 4.78 is 0. The van der Waals surface area contributed by atoms with Gasteiger partial charge in [0, 0.05) is 84.5 Å². The third-order valence-electron chi connectivity index (χ3n) is 18.3. The number of para-hydroxylation sites is 2. The zero-order valence-electron chi connectivity index (χ0n) is 47.6. The van der Waals surface area contributed by atoms with Crippen LogP contribution in [0.25, 0.3) is 21.8 Å². The number of amides is 4. The zero-order chi connectivity index (χ0) is 57.7. The number of aromatic amines is 2. The molecule has 4 aliphatic rings. The van der Waals surface area contributed by atoms with E-state index in [-0.39, 0.29) is 23.1 Å².